The van der Waals surface area contributed by atoms with Gasteiger partial charge in [0.1, 0.15) is 5.82 Å². The molecule has 15 heavy (non-hydrogen) atoms. The Morgan fingerprint density at radius 2 is 2.07 bits per heavy atom. The van der Waals surface area contributed by atoms with Gasteiger partial charge in [0.15, 0.2) is 0 Å². The first kappa shape index (κ1) is 12.4. The standard InChI is InChI=1S/C11H15ClFNO/c1-6-8(10(15)5-14-3)4-9(13)7(2)11(6)12/h4,10,14-15H,5H2,1-3H3. The number of benzene rings is 1. The molecule has 0 bridgehead atoms. The summed E-state index contributed by atoms with van der Waals surface area (Å²) >= 11 is 5.96. The molecule has 2 N–H and O–H groups in total. The van der Waals surface area contributed by atoms with E-state index in [-0.39, 0.29) is 5.82 Å². The topological polar surface area (TPSA) is 32.3 Å². The van der Waals surface area contributed by atoms with Gasteiger partial charge in [0.25, 0.3) is 0 Å². The zero-order valence-corrected chi connectivity index (χ0v) is 9.82. The van der Waals surface area contributed by atoms with Gasteiger partial charge in [-0.15, -0.1) is 0 Å². The number of hydrogen-bond acceptors (Lipinski definition) is 2. The van der Waals surface area contributed by atoms with Crippen molar-refractivity contribution in [1.29, 1.82) is 0 Å². The Labute approximate surface area is 94.1 Å². The fourth-order valence-electron chi connectivity index (χ4n) is 1.52. The van der Waals surface area contributed by atoms with Gasteiger partial charge in [0.2, 0.25) is 0 Å². The lowest BCUT2D eigenvalue weighted by atomic mass is 10.0. The highest BCUT2D eigenvalue weighted by atomic mass is 35.5. The van der Waals surface area contributed by atoms with E-state index < -0.39 is 6.10 Å². The third-order valence-electron chi connectivity index (χ3n) is 2.49. The van der Waals surface area contributed by atoms with Crippen molar-refractivity contribution >= 4 is 11.6 Å². The van der Waals surface area contributed by atoms with Gasteiger partial charge in [-0.05, 0) is 38.1 Å². The molecule has 0 aliphatic carbocycles. The fourth-order valence-corrected chi connectivity index (χ4v) is 1.71. The monoisotopic (exact) mass is 231 g/mol. The highest BCUT2D eigenvalue weighted by Crippen LogP contribution is 2.29. The molecule has 1 aromatic carbocycles. The maximum atomic E-state index is 13.4. The van der Waals surface area contributed by atoms with E-state index in [4.69, 9.17) is 11.6 Å². The molecule has 0 aliphatic rings. The third-order valence-corrected chi connectivity index (χ3v) is 3.06. The summed E-state index contributed by atoms with van der Waals surface area (Å²) in [5.41, 5.74) is 1.70. The minimum atomic E-state index is -0.734. The van der Waals surface area contributed by atoms with Crippen LogP contribution in [0.1, 0.15) is 22.8 Å². The Kier molecular flexibility index (Phi) is 4.08. The summed E-state index contributed by atoms with van der Waals surface area (Å²) in [6.07, 6.45) is -0.734. The summed E-state index contributed by atoms with van der Waals surface area (Å²) in [5.74, 6) is -0.379. The molecule has 1 unspecified atom stereocenters. The molecule has 4 heteroatoms. The van der Waals surface area contributed by atoms with Crippen molar-refractivity contribution in [3.63, 3.8) is 0 Å². The predicted molar refractivity (Wildman–Crippen MR) is 59.8 cm³/mol. The smallest absolute Gasteiger partial charge is 0.127 e. The van der Waals surface area contributed by atoms with Crippen LogP contribution in [0.2, 0.25) is 5.02 Å². The molecule has 84 valence electrons. The second-order valence-electron chi connectivity index (χ2n) is 3.59. The van der Waals surface area contributed by atoms with Gasteiger partial charge >= 0.3 is 0 Å². The first-order chi connectivity index (χ1) is 6.99. The lowest BCUT2D eigenvalue weighted by Gasteiger charge is -2.16. The average Bonchev–Trinajstić information content (AvgIpc) is 2.20. The first-order valence-corrected chi connectivity index (χ1v) is 5.14. The molecule has 0 aromatic heterocycles. The van der Waals surface area contributed by atoms with E-state index in [2.05, 4.69) is 5.32 Å². The van der Waals surface area contributed by atoms with Gasteiger partial charge < -0.3 is 10.4 Å². The lowest BCUT2D eigenvalue weighted by Crippen LogP contribution is -2.18. The van der Waals surface area contributed by atoms with Crippen LogP contribution in [-0.2, 0) is 0 Å². The molecule has 0 saturated heterocycles. The molecule has 0 aliphatic heterocycles. The second kappa shape index (κ2) is 4.92. The number of likely N-dealkylation sites (N-methyl/N-ethyl adjacent to an activating group) is 1. The molecule has 0 heterocycles. The molecule has 2 nitrogen and oxygen atoms in total. The normalized spacial score (nSPS) is 12.9. The number of halogens is 2. The summed E-state index contributed by atoms with van der Waals surface area (Å²) in [6, 6.07) is 1.35. The molecule has 0 radical (unpaired) electrons. The van der Waals surface area contributed by atoms with E-state index in [0.717, 1.165) is 5.56 Å². The lowest BCUT2D eigenvalue weighted by molar-refractivity contribution is 0.176. The quantitative estimate of drug-likeness (QED) is 0.837. The van der Waals surface area contributed by atoms with E-state index in [9.17, 15) is 9.50 Å². The maximum absolute atomic E-state index is 13.4. The van der Waals surface area contributed by atoms with Gasteiger partial charge in [-0.25, -0.2) is 4.39 Å². The largest absolute Gasteiger partial charge is 0.387 e. The number of hydrogen-bond donors (Lipinski definition) is 2. The molecule has 1 aromatic rings. The van der Waals surface area contributed by atoms with E-state index >= 15 is 0 Å². The van der Waals surface area contributed by atoms with Crippen LogP contribution in [0.3, 0.4) is 0 Å². The minimum Gasteiger partial charge on any atom is -0.387 e. The number of rotatable bonds is 3. The summed E-state index contributed by atoms with van der Waals surface area (Å²) in [6.45, 7) is 3.78. The Hall–Kier alpha value is -0.640. The molecule has 0 saturated carbocycles. The minimum absolute atomic E-state index is 0.375. The highest BCUT2D eigenvalue weighted by Gasteiger charge is 2.16. The van der Waals surface area contributed by atoms with Gasteiger partial charge in [-0.1, -0.05) is 11.6 Å². The number of nitrogens with one attached hydrogen (secondary N) is 1. The van der Waals surface area contributed by atoms with E-state index in [1.807, 2.05) is 0 Å². The summed E-state index contributed by atoms with van der Waals surface area (Å²) in [7, 11) is 1.73. The molecular formula is C11H15ClFNO. The summed E-state index contributed by atoms with van der Waals surface area (Å²) in [4.78, 5) is 0. The second-order valence-corrected chi connectivity index (χ2v) is 3.96. The average molecular weight is 232 g/mol. The Morgan fingerprint density at radius 3 is 2.60 bits per heavy atom. The first-order valence-electron chi connectivity index (χ1n) is 4.76. The Morgan fingerprint density at radius 1 is 1.47 bits per heavy atom. The summed E-state index contributed by atoms with van der Waals surface area (Å²) < 4.78 is 13.4. The third kappa shape index (κ3) is 2.48. The fraction of sp³-hybridized carbons (Fsp3) is 0.455. The SMILES string of the molecule is CNCC(O)c1cc(F)c(C)c(Cl)c1C. The van der Waals surface area contributed by atoms with Crippen molar-refractivity contribution < 1.29 is 9.50 Å². The zero-order valence-electron chi connectivity index (χ0n) is 9.06. The van der Waals surface area contributed by atoms with E-state index in [1.54, 1.807) is 20.9 Å². The Balaban J connectivity index is 3.19. The van der Waals surface area contributed by atoms with Crippen LogP contribution in [0, 0.1) is 19.7 Å². The highest BCUT2D eigenvalue weighted by molar-refractivity contribution is 6.32. The van der Waals surface area contributed by atoms with Crippen LogP contribution in [0.25, 0.3) is 0 Å². The van der Waals surface area contributed by atoms with Crippen molar-refractivity contribution in [3.05, 3.63) is 33.6 Å². The van der Waals surface area contributed by atoms with Gasteiger partial charge in [-0.2, -0.15) is 0 Å². The zero-order chi connectivity index (χ0) is 11.6. The molecular weight excluding hydrogens is 217 g/mol. The van der Waals surface area contributed by atoms with Crippen molar-refractivity contribution in [2.24, 2.45) is 0 Å². The van der Waals surface area contributed by atoms with Crippen molar-refractivity contribution in [2.75, 3.05) is 13.6 Å². The van der Waals surface area contributed by atoms with Crippen molar-refractivity contribution in [3.8, 4) is 0 Å². The number of aliphatic hydroxyl groups is 1. The van der Waals surface area contributed by atoms with Crippen LogP contribution in [0.15, 0.2) is 6.07 Å². The van der Waals surface area contributed by atoms with Crippen LogP contribution in [0.4, 0.5) is 4.39 Å². The molecule has 0 fully saturated rings. The number of aliphatic hydroxyl groups excluding tert-OH is 1. The molecule has 0 spiro atoms. The van der Waals surface area contributed by atoms with Crippen LogP contribution >= 0.6 is 11.6 Å². The van der Waals surface area contributed by atoms with Crippen LogP contribution < -0.4 is 5.32 Å². The van der Waals surface area contributed by atoms with Crippen LogP contribution in [0.5, 0.6) is 0 Å². The van der Waals surface area contributed by atoms with Gasteiger partial charge in [0.05, 0.1) is 6.10 Å². The van der Waals surface area contributed by atoms with Crippen molar-refractivity contribution in [2.45, 2.75) is 20.0 Å². The molecule has 1 atom stereocenters. The van der Waals surface area contributed by atoms with E-state index in [0.29, 0.717) is 22.7 Å². The maximum Gasteiger partial charge on any atom is 0.127 e. The van der Waals surface area contributed by atoms with E-state index in [1.165, 1.54) is 6.07 Å². The van der Waals surface area contributed by atoms with Gasteiger partial charge in [0, 0.05) is 17.1 Å². The molecule has 1 rings (SSSR count). The summed E-state index contributed by atoms with van der Waals surface area (Å²) in [5, 5.41) is 13.0. The molecule has 0 amide bonds. The van der Waals surface area contributed by atoms with Crippen molar-refractivity contribution in [1.82, 2.24) is 5.32 Å². The predicted octanol–water partition coefficient (Wildman–Crippen LogP) is 2.35. The van der Waals surface area contributed by atoms with Crippen LogP contribution in [-0.4, -0.2) is 18.7 Å². The van der Waals surface area contributed by atoms with Gasteiger partial charge in [-0.3, -0.25) is 0 Å². The Bertz CT molecular complexity index is 368.